The summed E-state index contributed by atoms with van der Waals surface area (Å²) in [4.78, 5) is 0. The van der Waals surface area contributed by atoms with Crippen molar-refractivity contribution in [1.29, 1.82) is 0 Å². The van der Waals surface area contributed by atoms with E-state index in [0.29, 0.717) is 18.2 Å². The highest BCUT2D eigenvalue weighted by Crippen LogP contribution is 2.32. The largest absolute Gasteiger partial charge is 0.388 e. The van der Waals surface area contributed by atoms with Gasteiger partial charge in [-0.15, -0.1) is 0 Å². The SMILES string of the molecule is COCCCC(O)c1c(C(C)C)nn(C)c1Cl. The highest BCUT2D eigenvalue weighted by Gasteiger charge is 2.23. The van der Waals surface area contributed by atoms with Crippen LogP contribution in [0.5, 0.6) is 0 Å². The number of aliphatic hydroxyl groups excluding tert-OH is 1. The van der Waals surface area contributed by atoms with Gasteiger partial charge >= 0.3 is 0 Å². The zero-order valence-electron chi connectivity index (χ0n) is 10.9. The number of methoxy groups -OCH3 is 1. The molecular formula is C12H21ClN2O2. The number of aliphatic hydroxyl groups is 1. The van der Waals surface area contributed by atoms with Crippen molar-refractivity contribution in [2.45, 2.75) is 38.7 Å². The monoisotopic (exact) mass is 260 g/mol. The van der Waals surface area contributed by atoms with E-state index in [9.17, 15) is 5.11 Å². The van der Waals surface area contributed by atoms with Gasteiger partial charge < -0.3 is 9.84 Å². The molecule has 0 aromatic carbocycles. The van der Waals surface area contributed by atoms with Gasteiger partial charge in [-0.1, -0.05) is 25.4 Å². The van der Waals surface area contributed by atoms with Crippen molar-refractivity contribution in [3.05, 3.63) is 16.4 Å². The van der Waals surface area contributed by atoms with E-state index >= 15 is 0 Å². The summed E-state index contributed by atoms with van der Waals surface area (Å²) in [6.07, 6.45) is 0.878. The van der Waals surface area contributed by atoms with Gasteiger partial charge in [-0.2, -0.15) is 5.10 Å². The average Bonchev–Trinajstić information content (AvgIpc) is 2.56. The first-order valence-electron chi connectivity index (χ1n) is 5.88. The first-order chi connectivity index (χ1) is 7.99. The molecule has 0 saturated carbocycles. The number of hydrogen-bond donors (Lipinski definition) is 1. The molecule has 0 aliphatic carbocycles. The molecule has 0 bridgehead atoms. The van der Waals surface area contributed by atoms with Crippen LogP contribution in [0.1, 0.15) is 50.0 Å². The number of ether oxygens (including phenoxy) is 1. The molecule has 1 N–H and O–H groups in total. The van der Waals surface area contributed by atoms with Crippen molar-refractivity contribution in [3.8, 4) is 0 Å². The van der Waals surface area contributed by atoms with E-state index in [1.807, 2.05) is 13.8 Å². The number of aryl methyl sites for hydroxylation is 1. The fourth-order valence-corrected chi connectivity index (χ4v) is 2.10. The fourth-order valence-electron chi connectivity index (χ4n) is 1.84. The van der Waals surface area contributed by atoms with Gasteiger partial charge in [0, 0.05) is 26.3 Å². The van der Waals surface area contributed by atoms with E-state index < -0.39 is 6.10 Å². The van der Waals surface area contributed by atoms with Crippen LogP contribution in [-0.4, -0.2) is 28.6 Å². The van der Waals surface area contributed by atoms with E-state index in [-0.39, 0.29) is 5.92 Å². The minimum atomic E-state index is -0.566. The second-order valence-corrected chi connectivity index (χ2v) is 4.88. The number of rotatable bonds is 6. The van der Waals surface area contributed by atoms with Crippen molar-refractivity contribution >= 4 is 11.6 Å². The Balaban J connectivity index is 2.87. The van der Waals surface area contributed by atoms with E-state index in [1.54, 1.807) is 18.8 Å². The Hall–Kier alpha value is -0.580. The molecule has 0 spiro atoms. The lowest BCUT2D eigenvalue weighted by molar-refractivity contribution is 0.135. The van der Waals surface area contributed by atoms with E-state index in [0.717, 1.165) is 17.7 Å². The summed E-state index contributed by atoms with van der Waals surface area (Å²) < 4.78 is 6.59. The summed E-state index contributed by atoms with van der Waals surface area (Å²) in [5.74, 6) is 0.251. The Kier molecular flexibility index (Phi) is 5.43. The molecule has 0 saturated heterocycles. The zero-order chi connectivity index (χ0) is 13.0. The van der Waals surface area contributed by atoms with Gasteiger partial charge in [0.25, 0.3) is 0 Å². The molecule has 98 valence electrons. The van der Waals surface area contributed by atoms with Crippen molar-refractivity contribution in [2.75, 3.05) is 13.7 Å². The molecule has 1 heterocycles. The third-order valence-corrected chi connectivity index (χ3v) is 3.19. The summed E-state index contributed by atoms with van der Waals surface area (Å²) in [6, 6.07) is 0. The summed E-state index contributed by atoms with van der Waals surface area (Å²) in [7, 11) is 3.45. The lowest BCUT2D eigenvalue weighted by atomic mass is 10.00. The maximum absolute atomic E-state index is 10.2. The number of halogens is 1. The van der Waals surface area contributed by atoms with E-state index in [4.69, 9.17) is 16.3 Å². The van der Waals surface area contributed by atoms with Crippen molar-refractivity contribution in [2.24, 2.45) is 7.05 Å². The molecule has 1 rings (SSSR count). The third-order valence-electron chi connectivity index (χ3n) is 2.75. The quantitative estimate of drug-likeness (QED) is 0.800. The average molecular weight is 261 g/mol. The molecule has 4 nitrogen and oxygen atoms in total. The summed E-state index contributed by atoms with van der Waals surface area (Å²) in [6.45, 7) is 4.74. The third kappa shape index (κ3) is 3.44. The predicted octanol–water partition coefficient (Wildman–Crippen LogP) is 2.66. The van der Waals surface area contributed by atoms with Gasteiger partial charge in [-0.25, -0.2) is 0 Å². The van der Waals surface area contributed by atoms with Gasteiger partial charge in [-0.3, -0.25) is 4.68 Å². The molecule has 17 heavy (non-hydrogen) atoms. The number of aromatic nitrogens is 2. The van der Waals surface area contributed by atoms with Gasteiger partial charge in [0.1, 0.15) is 5.15 Å². The predicted molar refractivity (Wildman–Crippen MR) is 68.4 cm³/mol. The van der Waals surface area contributed by atoms with Crippen LogP contribution in [0.15, 0.2) is 0 Å². The van der Waals surface area contributed by atoms with Gasteiger partial charge in [0.2, 0.25) is 0 Å². The van der Waals surface area contributed by atoms with Gasteiger partial charge in [-0.05, 0) is 18.8 Å². The lowest BCUT2D eigenvalue weighted by Gasteiger charge is -2.12. The number of nitrogens with zero attached hydrogens (tertiary/aromatic N) is 2. The molecule has 1 aromatic rings. The molecule has 0 fully saturated rings. The Bertz CT molecular complexity index is 364. The van der Waals surface area contributed by atoms with Gasteiger partial charge in [0.15, 0.2) is 0 Å². The first-order valence-corrected chi connectivity index (χ1v) is 6.26. The van der Waals surface area contributed by atoms with Crippen LogP contribution < -0.4 is 0 Å². The maximum atomic E-state index is 10.2. The second-order valence-electron chi connectivity index (χ2n) is 4.52. The van der Waals surface area contributed by atoms with Crippen LogP contribution in [-0.2, 0) is 11.8 Å². The smallest absolute Gasteiger partial charge is 0.132 e. The summed E-state index contributed by atoms with van der Waals surface area (Å²) in [5, 5.41) is 15.1. The van der Waals surface area contributed by atoms with Crippen LogP contribution in [0.3, 0.4) is 0 Å². The van der Waals surface area contributed by atoms with Crippen molar-refractivity contribution in [1.82, 2.24) is 9.78 Å². The Labute approximate surface area is 108 Å². The van der Waals surface area contributed by atoms with Crippen LogP contribution in [0.25, 0.3) is 0 Å². The zero-order valence-corrected chi connectivity index (χ0v) is 11.7. The van der Waals surface area contributed by atoms with Crippen LogP contribution in [0, 0.1) is 0 Å². The molecule has 0 aliphatic rings. The molecule has 1 aromatic heterocycles. The van der Waals surface area contributed by atoms with Crippen LogP contribution >= 0.6 is 11.6 Å². The Morgan fingerprint density at radius 1 is 1.47 bits per heavy atom. The maximum Gasteiger partial charge on any atom is 0.132 e. The van der Waals surface area contributed by atoms with Crippen molar-refractivity contribution < 1.29 is 9.84 Å². The molecular weight excluding hydrogens is 240 g/mol. The van der Waals surface area contributed by atoms with Crippen LogP contribution in [0.4, 0.5) is 0 Å². The summed E-state index contributed by atoms with van der Waals surface area (Å²) >= 11 is 6.17. The fraction of sp³-hybridized carbons (Fsp3) is 0.750. The lowest BCUT2D eigenvalue weighted by Crippen LogP contribution is -2.04. The Morgan fingerprint density at radius 2 is 2.12 bits per heavy atom. The van der Waals surface area contributed by atoms with E-state index in [2.05, 4.69) is 5.10 Å². The minimum Gasteiger partial charge on any atom is -0.388 e. The molecule has 1 atom stereocenters. The second kappa shape index (κ2) is 6.38. The highest BCUT2D eigenvalue weighted by atomic mass is 35.5. The normalized spacial score (nSPS) is 13.4. The van der Waals surface area contributed by atoms with Crippen molar-refractivity contribution in [3.63, 3.8) is 0 Å². The topological polar surface area (TPSA) is 47.3 Å². The Morgan fingerprint density at radius 3 is 2.65 bits per heavy atom. The molecule has 0 radical (unpaired) electrons. The van der Waals surface area contributed by atoms with E-state index in [1.165, 1.54) is 0 Å². The first kappa shape index (κ1) is 14.5. The minimum absolute atomic E-state index is 0.251. The molecule has 0 amide bonds. The standard InChI is InChI=1S/C12H21ClN2O2/c1-8(2)11-10(12(13)15(3)14-11)9(16)6-5-7-17-4/h8-9,16H,5-7H2,1-4H3. The molecule has 0 aliphatic heterocycles. The molecule has 1 unspecified atom stereocenters. The van der Waals surface area contributed by atoms with Crippen LogP contribution in [0.2, 0.25) is 5.15 Å². The number of hydrogen-bond acceptors (Lipinski definition) is 3. The highest BCUT2D eigenvalue weighted by molar-refractivity contribution is 6.30. The molecule has 5 heteroatoms. The van der Waals surface area contributed by atoms with Gasteiger partial charge in [0.05, 0.1) is 11.8 Å². The summed E-state index contributed by atoms with van der Waals surface area (Å²) in [5.41, 5.74) is 1.64.